The maximum absolute atomic E-state index is 14.2. The lowest BCUT2D eigenvalue weighted by molar-refractivity contribution is -0.144. The molecule has 2 heterocycles. The summed E-state index contributed by atoms with van der Waals surface area (Å²) >= 11 is 6.32. The number of halogens is 1. The molecule has 3 aliphatic rings. The third kappa shape index (κ3) is 7.94. The zero-order chi connectivity index (χ0) is 34.5. The van der Waals surface area contributed by atoms with Crippen molar-refractivity contribution in [3.63, 3.8) is 0 Å². The third-order valence-electron chi connectivity index (χ3n) is 10.3. The second-order valence-corrected chi connectivity index (χ2v) is 14.0. The first-order valence-corrected chi connectivity index (χ1v) is 17.6. The quantitative estimate of drug-likeness (QED) is 0.153. The van der Waals surface area contributed by atoms with E-state index in [-0.39, 0.29) is 36.8 Å². The number of aliphatic hydroxyl groups is 2. The minimum atomic E-state index is -0.954. The number of phenols is 1. The number of imide groups is 1. The van der Waals surface area contributed by atoms with E-state index in [4.69, 9.17) is 16.3 Å². The highest BCUT2D eigenvalue weighted by Gasteiger charge is 2.56. The van der Waals surface area contributed by atoms with E-state index in [1.807, 2.05) is 61.5 Å². The van der Waals surface area contributed by atoms with Crippen LogP contribution in [0.2, 0.25) is 5.02 Å². The summed E-state index contributed by atoms with van der Waals surface area (Å²) < 4.78 is 6.15. The van der Waals surface area contributed by atoms with Gasteiger partial charge in [-0.25, -0.2) is 0 Å². The first-order valence-electron chi connectivity index (χ1n) is 17.2. The van der Waals surface area contributed by atoms with E-state index in [1.165, 1.54) is 16.5 Å². The molecule has 0 unspecified atom stereocenters. The monoisotopic (exact) mass is 684 g/mol. The molecule has 2 amide bonds. The molecule has 3 aromatic carbocycles. The Morgan fingerprint density at radius 2 is 1.69 bits per heavy atom. The van der Waals surface area contributed by atoms with Gasteiger partial charge in [-0.2, -0.15) is 0 Å². The lowest BCUT2D eigenvalue weighted by Crippen LogP contribution is -2.47. The van der Waals surface area contributed by atoms with Crippen LogP contribution in [0.4, 0.5) is 0 Å². The predicted molar refractivity (Wildman–Crippen MR) is 190 cm³/mol. The van der Waals surface area contributed by atoms with Crippen molar-refractivity contribution < 1.29 is 29.6 Å². The molecule has 0 spiro atoms. The first kappa shape index (κ1) is 34.9. The fraction of sp³-hybridized carbons (Fsp3) is 0.400. The number of para-hydroxylation sites is 1. The number of carbonyl (C=O) groups excluding carboxylic acids is 2. The molecule has 9 heteroatoms. The Morgan fingerprint density at radius 3 is 2.37 bits per heavy atom. The van der Waals surface area contributed by atoms with E-state index >= 15 is 0 Å². The number of ether oxygens (including phenoxy) is 1. The van der Waals surface area contributed by atoms with Crippen molar-refractivity contribution >= 4 is 29.5 Å². The molecular weight excluding hydrogens is 640 g/mol. The molecule has 49 heavy (non-hydrogen) atoms. The van der Waals surface area contributed by atoms with Crippen molar-refractivity contribution in [2.45, 2.75) is 57.7 Å². The van der Waals surface area contributed by atoms with E-state index in [0.717, 1.165) is 36.3 Å². The number of aromatic hydroxyl groups is 1. The fourth-order valence-corrected chi connectivity index (χ4v) is 8.06. The van der Waals surface area contributed by atoms with Crippen molar-refractivity contribution in [2.24, 2.45) is 17.8 Å². The molecule has 0 bridgehead atoms. The van der Waals surface area contributed by atoms with Gasteiger partial charge in [0.2, 0.25) is 11.8 Å². The van der Waals surface area contributed by atoms with Crippen molar-refractivity contribution in [3.05, 3.63) is 112 Å². The van der Waals surface area contributed by atoms with E-state index in [9.17, 15) is 24.9 Å². The normalized spacial score (nSPS) is 22.8. The van der Waals surface area contributed by atoms with E-state index < -0.39 is 23.9 Å². The molecule has 8 nitrogen and oxygen atoms in total. The van der Waals surface area contributed by atoms with Gasteiger partial charge in [0.1, 0.15) is 18.1 Å². The summed E-state index contributed by atoms with van der Waals surface area (Å²) in [7, 11) is 0. The van der Waals surface area contributed by atoms with Gasteiger partial charge >= 0.3 is 0 Å². The fourth-order valence-electron chi connectivity index (χ4n) is 7.83. The Bertz CT molecular complexity index is 1690. The first-order chi connectivity index (χ1) is 23.7. The minimum absolute atomic E-state index is 0.0880. The van der Waals surface area contributed by atoms with Gasteiger partial charge in [0.15, 0.2) is 0 Å². The lowest BCUT2D eigenvalue weighted by Gasteiger charge is -2.37. The number of phenolic OH excluding ortho intramolecular Hbond substituents is 1. The van der Waals surface area contributed by atoms with Crippen LogP contribution in [0, 0.1) is 17.8 Å². The smallest absolute Gasteiger partial charge is 0.234 e. The van der Waals surface area contributed by atoms with Crippen molar-refractivity contribution in [3.8, 4) is 11.5 Å². The maximum atomic E-state index is 14.2. The highest BCUT2D eigenvalue weighted by molar-refractivity contribution is 6.32. The van der Waals surface area contributed by atoms with Crippen LogP contribution in [0.5, 0.6) is 11.5 Å². The summed E-state index contributed by atoms with van der Waals surface area (Å²) in [6.07, 6.45) is 3.55. The van der Waals surface area contributed by atoms with Crippen molar-refractivity contribution in [1.29, 1.82) is 0 Å². The van der Waals surface area contributed by atoms with Crippen LogP contribution in [0.3, 0.4) is 0 Å². The summed E-state index contributed by atoms with van der Waals surface area (Å²) in [6, 6.07) is 24.3. The number of amides is 2. The molecule has 3 N–H and O–H groups in total. The number of hydrogen-bond donors (Lipinski definition) is 3. The van der Waals surface area contributed by atoms with Gasteiger partial charge in [-0.15, -0.1) is 0 Å². The summed E-state index contributed by atoms with van der Waals surface area (Å²) in [6.45, 7) is 4.15. The number of fused-ring (bicyclic) bond motifs is 1. The molecule has 2 fully saturated rings. The Hall–Kier alpha value is -3.95. The molecule has 2 aliphatic heterocycles. The van der Waals surface area contributed by atoms with Gasteiger partial charge in [0.25, 0.3) is 0 Å². The van der Waals surface area contributed by atoms with Crippen molar-refractivity contribution in [1.82, 2.24) is 9.80 Å². The Balaban J connectivity index is 1.20. The van der Waals surface area contributed by atoms with Crippen LogP contribution in [-0.4, -0.2) is 75.4 Å². The third-order valence-corrected chi connectivity index (χ3v) is 10.6. The number of benzene rings is 3. The molecule has 0 radical (unpaired) electrons. The molecule has 0 aromatic heterocycles. The predicted octanol–water partition coefficient (Wildman–Crippen LogP) is 6.24. The van der Waals surface area contributed by atoms with Gasteiger partial charge in [0.05, 0.1) is 29.6 Å². The molecule has 258 valence electrons. The Morgan fingerprint density at radius 1 is 1.00 bits per heavy atom. The number of allylic oxidation sites excluding steroid dienone is 1. The van der Waals surface area contributed by atoms with Gasteiger partial charge in [-0.3, -0.25) is 19.4 Å². The zero-order valence-electron chi connectivity index (χ0n) is 27.9. The molecule has 0 saturated carbocycles. The number of carbonyl (C=O) groups is 2. The van der Waals surface area contributed by atoms with Crippen LogP contribution in [0.15, 0.2) is 95.6 Å². The standard InChI is InChI=1S/C40H45ClN2O6/c1-26(20-28-13-14-31(45)22-35(28)41)12-15-36(46)37-29(25-49-32-10-6-3-7-11-32)21-33-38(34(37)24-44)40(48)43(39(33)47)30-16-18-42(19-17-30)23-27-8-4-2-5-9-27/h2-11,13-14,20,22,30,33-34,36,38,44-46H,12,15-19,21,23-25H2,1H3/b26-20+/t33-,34+,36-,38-/m1/s1. The summed E-state index contributed by atoms with van der Waals surface area (Å²) in [5.41, 5.74) is 4.34. The maximum Gasteiger partial charge on any atom is 0.234 e. The number of piperidine rings is 1. The van der Waals surface area contributed by atoms with Crippen LogP contribution < -0.4 is 4.74 Å². The second kappa shape index (κ2) is 15.7. The van der Waals surface area contributed by atoms with Gasteiger partial charge in [-0.1, -0.05) is 71.8 Å². The average molecular weight is 685 g/mol. The van der Waals surface area contributed by atoms with Gasteiger partial charge < -0.3 is 20.1 Å². The molecular formula is C40H45ClN2O6. The molecule has 3 aromatic rings. The number of aliphatic hydroxyl groups excluding tert-OH is 2. The van der Waals surface area contributed by atoms with Crippen LogP contribution in [0.25, 0.3) is 6.08 Å². The van der Waals surface area contributed by atoms with Crippen LogP contribution >= 0.6 is 11.6 Å². The number of likely N-dealkylation sites (tertiary alicyclic amines) is 2. The van der Waals surface area contributed by atoms with Crippen LogP contribution in [-0.2, 0) is 16.1 Å². The van der Waals surface area contributed by atoms with Gasteiger partial charge in [0, 0.05) is 31.6 Å². The van der Waals surface area contributed by atoms with Crippen LogP contribution in [0.1, 0.15) is 50.2 Å². The topological polar surface area (TPSA) is 111 Å². The lowest BCUT2D eigenvalue weighted by atomic mass is 9.68. The van der Waals surface area contributed by atoms with E-state index in [2.05, 4.69) is 17.0 Å². The second-order valence-electron chi connectivity index (χ2n) is 13.6. The highest BCUT2D eigenvalue weighted by Crippen LogP contribution is 2.47. The SMILES string of the molecule is C/C(=C\c1ccc(O)cc1Cl)CC[C@@H](O)C1=C(COc2ccccc2)C[C@H]2C(=O)N(C3CCN(Cc4ccccc4)CC3)C(=O)[C@H]2[C@H]1CO. The molecule has 4 atom stereocenters. The largest absolute Gasteiger partial charge is 0.508 e. The van der Waals surface area contributed by atoms with E-state index in [1.54, 1.807) is 12.1 Å². The number of nitrogens with zero attached hydrogens (tertiary/aromatic N) is 2. The zero-order valence-corrected chi connectivity index (χ0v) is 28.6. The Kier molecular flexibility index (Phi) is 11.2. The molecule has 2 saturated heterocycles. The number of rotatable bonds is 12. The molecule has 1 aliphatic carbocycles. The summed E-state index contributed by atoms with van der Waals surface area (Å²) in [4.78, 5) is 32.1. The Labute approximate surface area is 293 Å². The van der Waals surface area contributed by atoms with Crippen molar-refractivity contribution in [2.75, 3.05) is 26.3 Å². The highest BCUT2D eigenvalue weighted by atomic mass is 35.5. The number of hydrogen-bond acceptors (Lipinski definition) is 7. The van der Waals surface area contributed by atoms with E-state index in [0.29, 0.717) is 48.4 Å². The average Bonchev–Trinajstić information content (AvgIpc) is 3.36. The summed E-state index contributed by atoms with van der Waals surface area (Å²) in [5.74, 6) is -1.68. The molecule has 6 rings (SSSR count). The van der Waals surface area contributed by atoms with Gasteiger partial charge in [-0.05, 0) is 91.6 Å². The minimum Gasteiger partial charge on any atom is -0.508 e. The summed E-state index contributed by atoms with van der Waals surface area (Å²) in [5, 5.41) is 32.7.